The van der Waals surface area contributed by atoms with Gasteiger partial charge in [-0.25, -0.2) is 0 Å². The van der Waals surface area contributed by atoms with Crippen LogP contribution in [0.4, 0.5) is 0 Å². The van der Waals surface area contributed by atoms with Crippen molar-refractivity contribution in [3.05, 3.63) is 24.3 Å². The molecule has 1 aliphatic carbocycles. The summed E-state index contributed by atoms with van der Waals surface area (Å²) in [6.45, 7) is 9.24. The minimum atomic E-state index is 0.287. The molecule has 1 nitrogen and oxygen atoms in total. The van der Waals surface area contributed by atoms with E-state index < -0.39 is 0 Å². The van der Waals surface area contributed by atoms with Crippen LogP contribution in [0.25, 0.3) is 0 Å². The molecular formula is C10H15N. The topological polar surface area (TPSA) is 12.0 Å². The molecule has 11 heavy (non-hydrogen) atoms. The quantitative estimate of drug-likeness (QED) is 0.555. The normalized spacial score (nSPS) is 28.7. The van der Waals surface area contributed by atoms with Crippen LogP contribution in [-0.4, -0.2) is 12.1 Å². The maximum absolute atomic E-state index is 4.11. The van der Waals surface area contributed by atoms with Crippen LogP contribution in [0, 0.1) is 0 Å². The van der Waals surface area contributed by atoms with Gasteiger partial charge in [0, 0.05) is 5.54 Å². The summed E-state index contributed by atoms with van der Waals surface area (Å²) in [5.74, 6) is 0. The van der Waals surface area contributed by atoms with Crippen LogP contribution in [0.5, 0.6) is 0 Å². The summed E-state index contributed by atoms with van der Waals surface area (Å²) in [5, 5.41) is 3.55. The zero-order valence-corrected chi connectivity index (χ0v) is 6.95. The van der Waals surface area contributed by atoms with Crippen molar-refractivity contribution in [2.45, 2.75) is 31.2 Å². The van der Waals surface area contributed by atoms with Gasteiger partial charge in [0.25, 0.3) is 0 Å². The average Bonchev–Trinajstić information content (AvgIpc) is 1.91. The van der Waals surface area contributed by atoms with Gasteiger partial charge in [-0.1, -0.05) is 13.2 Å². The second kappa shape index (κ2) is 2.21. The molecule has 2 fully saturated rings. The number of hydrogen-bond donors (Lipinski definition) is 1. The summed E-state index contributed by atoms with van der Waals surface area (Å²) in [6, 6.07) is 0. The van der Waals surface area contributed by atoms with Gasteiger partial charge in [0.05, 0.1) is 0 Å². The molecule has 0 unspecified atom stereocenters. The number of rotatable bonds is 0. The molecule has 1 aliphatic heterocycles. The maximum atomic E-state index is 4.11. The Labute approximate surface area is 68.2 Å². The van der Waals surface area contributed by atoms with E-state index in [1.807, 2.05) is 0 Å². The van der Waals surface area contributed by atoms with E-state index in [0.717, 1.165) is 13.0 Å². The van der Waals surface area contributed by atoms with Crippen molar-refractivity contribution in [2.75, 3.05) is 6.54 Å². The fourth-order valence-electron chi connectivity index (χ4n) is 2.06. The van der Waals surface area contributed by atoms with Crippen molar-refractivity contribution in [2.24, 2.45) is 0 Å². The van der Waals surface area contributed by atoms with Crippen molar-refractivity contribution in [1.82, 2.24) is 5.32 Å². The third kappa shape index (κ3) is 0.875. The first kappa shape index (κ1) is 7.11. The third-order valence-corrected chi connectivity index (χ3v) is 3.10. The Balaban J connectivity index is 2.20. The van der Waals surface area contributed by atoms with Gasteiger partial charge in [-0.05, 0) is 43.4 Å². The fourth-order valence-corrected chi connectivity index (χ4v) is 2.06. The SMILES string of the molecule is C=C1CCNC2(CCC2)C1=C. The predicted molar refractivity (Wildman–Crippen MR) is 47.5 cm³/mol. The molecule has 60 valence electrons. The zero-order chi connectivity index (χ0) is 7.90. The van der Waals surface area contributed by atoms with Gasteiger partial charge in [0.15, 0.2) is 0 Å². The number of nitrogens with one attached hydrogen (secondary N) is 1. The van der Waals surface area contributed by atoms with Crippen molar-refractivity contribution in [1.29, 1.82) is 0 Å². The second-order valence-corrected chi connectivity index (χ2v) is 3.69. The van der Waals surface area contributed by atoms with Crippen LogP contribution in [0.3, 0.4) is 0 Å². The average molecular weight is 149 g/mol. The van der Waals surface area contributed by atoms with Gasteiger partial charge in [0.2, 0.25) is 0 Å². The highest BCUT2D eigenvalue weighted by Gasteiger charge is 2.41. The van der Waals surface area contributed by atoms with Gasteiger partial charge in [-0.3, -0.25) is 0 Å². The highest BCUT2D eigenvalue weighted by molar-refractivity contribution is 5.40. The monoisotopic (exact) mass is 149 g/mol. The van der Waals surface area contributed by atoms with E-state index in [2.05, 4.69) is 18.5 Å². The highest BCUT2D eigenvalue weighted by atomic mass is 15.0. The maximum Gasteiger partial charge on any atom is 0.0431 e. The van der Waals surface area contributed by atoms with E-state index in [-0.39, 0.29) is 5.54 Å². The van der Waals surface area contributed by atoms with E-state index in [4.69, 9.17) is 0 Å². The van der Waals surface area contributed by atoms with Crippen LogP contribution in [0.1, 0.15) is 25.7 Å². The largest absolute Gasteiger partial charge is 0.307 e. The summed E-state index contributed by atoms with van der Waals surface area (Å²) < 4.78 is 0. The molecule has 1 heteroatoms. The minimum Gasteiger partial charge on any atom is -0.307 e. The van der Waals surface area contributed by atoms with E-state index in [0.29, 0.717) is 0 Å². The molecule has 0 bridgehead atoms. The van der Waals surface area contributed by atoms with Crippen molar-refractivity contribution in [3.63, 3.8) is 0 Å². The molecule has 1 spiro atoms. The van der Waals surface area contributed by atoms with Gasteiger partial charge in [0.1, 0.15) is 0 Å². The third-order valence-electron chi connectivity index (χ3n) is 3.10. The molecule has 1 saturated heterocycles. The molecule has 0 aromatic rings. The van der Waals surface area contributed by atoms with Gasteiger partial charge < -0.3 is 5.32 Å². The predicted octanol–water partition coefficient (Wildman–Crippen LogP) is 2.01. The van der Waals surface area contributed by atoms with Crippen LogP contribution in [0.2, 0.25) is 0 Å². The van der Waals surface area contributed by atoms with Gasteiger partial charge >= 0.3 is 0 Å². The van der Waals surface area contributed by atoms with Gasteiger partial charge in [-0.15, -0.1) is 0 Å². The van der Waals surface area contributed by atoms with Crippen molar-refractivity contribution in [3.8, 4) is 0 Å². The molecule has 0 atom stereocenters. The Bertz CT molecular complexity index is 211. The molecule has 0 aromatic carbocycles. The van der Waals surface area contributed by atoms with Crippen LogP contribution in [0.15, 0.2) is 24.3 Å². The Kier molecular flexibility index (Phi) is 1.43. The smallest absolute Gasteiger partial charge is 0.0431 e. The first-order chi connectivity index (χ1) is 5.25. The van der Waals surface area contributed by atoms with Crippen LogP contribution < -0.4 is 5.32 Å². The lowest BCUT2D eigenvalue weighted by Crippen LogP contribution is -2.55. The first-order valence-electron chi connectivity index (χ1n) is 4.37. The molecule has 0 aromatic heterocycles. The first-order valence-corrected chi connectivity index (χ1v) is 4.37. The fraction of sp³-hybridized carbons (Fsp3) is 0.600. The molecule has 1 N–H and O–H groups in total. The Morgan fingerprint density at radius 2 is 2.00 bits per heavy atom. The van der Waals surface area contributed by atoms with E-state index >= 15 is 0 Å². The number of piperidine rings is 1. The Morgan fingerprint density at radius 3 is 2.45 bits per heavy atom. The van der Waals surface area contributed by atoms with Crippen LogP contribution in [-0.2, 0) is 0 Å². The summed E-state index contributed by atoms with van der Waals surface area (Å²) in [4.78, 5) is 0. The minimum absolute atomic E-state index is 0.287. The molecule has 2 aliphatic rings. The van der Waals surface area contributed by atoms with Gasteiger partial charge in [-0.2, -0.15) is 0 Å². The lowest BCUT2D eigenvalue weighted by Gasteiger charge is -2.48. The molecule has 0 radical (unpaired) electrons. The summed E-state index contributed by atoms with van der Waals surface area (Å²) in [6.07, 6.45) is 4.97. The molecular weight excluding hydrogens is 134 g/mol. The molecule has 1 saturated carbocycles. The summed E-state index contributed by atoms with van der Waals surface area (Å²) >= 11 is 0. The standard InChI is InChI=1S/C10H15N/c1-8-4-7-11-10(9(8)2)5-3-6-10/h11H,1-7H2. The summed E-state index contributed by atoms with van der Waals surface area (Å²) in [5.41, 5.74) is 2.83. The lowest BCUT2D eigenvalue weighted by atomic mass is 9.68. The highest BCUT2D eigenvalue weighted by Crippen LogP contribution is 2.42. The Hall–Kier alpha value is -0.560. The van der Waals surface area contributed by atoms with E-state index in [1.165, 1.54) is 30.4 Å². The molecule has 1 heterocycles. The van der Waals surface area contributed by atoms with E-state index in [1.54, 1.807) is 0 Å². The van der Waals surface area contributed by atoms with E-state index in [9.17, 15) is 0 Å². The second-order valence-electron chi connectivity index (χ2n) is 3.69. The lowest BCUT2D eigenvalue weighted by molar-refractivity contribution is 0.221. The summed E-state index contributed by atoms with van der Waals surface area (Å²) in [7, 11) is 0. The zero-order valence-electron chi connectivity index (χ0n) is 6.95. The Morgan fingerprint density at radius 1 is 1.27 bits per heavy atom. The van der Waals surface area contributed by atoms with Crippen LogP contribution >= 0.6 is 0 Å². The molecule has 2 rings (SSSR count). The molecule has 0 amide bonds. The van der Waals surface area contributed by atoms with Crippen molar-refractivity contribution >= 4 is 0 Å². The van der Waals surface area contributed by atoms with Crippen molar-refractivity contribution < 1.29 is 0 Å². The number of hydrogen-bond acceptors (Lipinski definition) is 1.